The van der Waals surface area contributed by atoms with Crippen molar-refractivity contribution in [2.75, 3.05) is 0 Å². The van der Waals surface area contributed by atoms with E-state index in [1.54, 1.807) is 0 Å². The van der Waals surface area contributed by atoms with Gasteiger partial charge in [-0.15, -0.1) is 12.3 Å². The van der Waals surface area contributed by atoms with Crippen LogP contribution in [0.2, 0.25) is 0 Å². The predicted molar refractivity (Wildman–Crippen MR) is 41.4 cm³/mol. The first-order valence-corrected chi connectivity index (χ1v) is 3.96. The van der Waals surface area contributed by atoms with Crippen molar-refractivity contribution in [1.82, 2.24) is 0 Å². The van der Waals surface area contributed by atoms with E-state index >= 15 is 0 Å². The maximum Gasteiger partial charge on any atom is 0.0577 e. The van der Waals surface area contributed by atoms with Gasteiger partial charge in [-0.1, -0.05) is 12.8 Å². The fourth-order valence-electron chi connectivity index (χ4n) is 1.58. The molecule has 0 amide bonds. The molecule has 1 N–H and O–H groups in total. The molecule has 0 radical (unpaired) electrons. The highest BCUT2D eigenvalue weighted by Crippen LogP contribution is 2.26. The number of terminal acetylenes is 1. The minimum absolute atomic E-state index is 0.121. The number of hydrogen-bond donors (Lipinski definition) is 1. The molecule has 0 saturated heterocycles. The molecule has 1 saturated carbocycles. The molecule has 0 unspecified atom stereocenters. The quantitative estimate of drug-likeness (QED) is 0.545. The molecule has 1 nitrogen and oxygen atoms in total. The van der Waals surface area contributed by atoms with Gasteiger partial charge in [0.05, 0.1) is 6.10 Å². The largest absolute Gasteiger partial charge is 0.393 e. The van der Waals surface area contributed by atoms with E-state index in [2.05, 4.69) is 5.92 Å². The van der Waals surface area contributed by atoms with Crippen LogP contribution in [0.4, 0.5) is 0 Å². The van der Waals surface area contributed by atoms with Crippen LogP contribution in [0.3, 0.4) is 0 Å². The fourth-order valence-corrected chi connectivity index (χ4v) is 1.58. The number of aliphatic hydroxyl groups is 1. The van der Waals surface area contributed by atoms with Gasteiger partial charge in [0.2, 0.25) is 0 Å². The van der Waals surface area contributed by atoms with Crippen molar-refractivity contribution < 1.29 is 5.11 Å². The van der Waals surface area contributed by atoms with E-state index in [0.717, 1.165) is 19.3 Å². The van der Waals surface area contributed by atoms with Crippen molar-refractivity contribution in [2.24, 2.45) is 5.92 Å². The Morgan fingerprint density at radius 3 is 2.70 bits per heavy atom. The minimum atomic E-state index is -0.121. The zero-order chi connectivity index (χ0) is 7.40. The normalized spacial score (nSPS) is 33.2. The summed E-state index contributed by atoms with van der Waals surface area (Å²) in [6.07, 6.45) is 10.3. The topological polar surface area (TPSA) is 20.2 Å². The van der Waals surface area contributed by atoms with Gasteiger partial charge in [0.15, 0.2) is 0 Å². The highest BCUT2D eigenvalue weighted by Gasteiger charge is 2.21. The molecule has 2 atom stereocenters. The van der Waals surface area contributed by atoms with E-state index in [4.69, 9.17) is 6.42 Å². The Balaban J connectivity index is 2.34. The summed E-state index contributed by atoms with van der Waals surface area (Å²) in [5, 5.41) is 9.40. The zero-order valence-electron chi connectivity index (χ0n) is 6.21. The molecule has 0 aromatic carbocycles. The first kappa shape index (κ1) is 7.63. The third kappa shape index (κ3) is 1.75. The van der Waals surface area contributed by atoms with Crippen LogP contribution in [0.25, 0.3) is 0 Å². The molecule has 1 rings (SSSR count). The lowest BCUT2D eigenvalue weighted by Crippen LogP contribution is -2.23. The Morgan fingerprint density at radius 1 is 1.40 bits per heavy atom. The summed E-state index contributed by atoms with van der Waals surface area (Å²) in [7, 11) is 0. The van der Waals surface area contributed by atoms with Crippen LogP contribution in [-0.2, 0) is 0 Å². The van der Waals surface area contributed by atoms with Crippen LogP contribution in [0.5, 0.6) is 0 Å². The second-order valence-corrected chi connectivity index (χ2v) is 3.02. The Kier molecular flexibility index (Phi) is 2.77. The Morgan fingerprint density at radius 2 is 2.10 bits per heavy atom. The molecule has 56 valence electrons. The van der Waals surface area contributed by atoms with Crippen molar-refractivity contribution >= 4 is 0 Å². The average molecular weight is 138 g/mol. The second kappa shape index (κ2) is 3.63. The molecule has 0 spiro atoms. The van der Waals surface area contributed by atoms with Gasteiger partial charge in [-0.05, 0) is 18.8 Å². The van der Waals surface area contributed by atoms with Gasteiger partial charge in [0.25, 0.3) is 0 Å². The fraction of sp³-hybridized carbons (Fsp3) is 0.778. The average Bonchev–Trinajstić information content (AvgIpc) is 1.94. The first-order valence-electron chi connectivity index (χ1n) is 3.96. The van der Waals surface area contributed by atoms with Crippen LogP contribution in [0.15, 0.2) is 0 Å². The molecule has 1 fully saturated rings. The van der Waals surface area contributed by atoms with Gasteiger partial charge < -0.3 is 5.11 Å². The summed E-state index contributed by atoms with van der Waals surface area (Å²) in [6, 6.07) is 0. The molecule has 0 aromatic heterocycles. The summed E-state index contributed by atoms with van der Waals surface area (Å²) in [6.45, 7) is 0. The van der Waals surface area contributed by atoms with E-state index in [9.17, 15) is 5.11 Å². The number of rotatable bonds is 1. The van der Waals surface area contributed by atoms with Gasteiger partial charge in [0, 0.05) is 6.42 Å². The molecule has 0 heterocycles. The van der Waals surface area contributed by atoms with Crippen molar-refractivity contribution in [3.05, 3.63) is 0 Å². The van der Waals surface area contributed by atoms with Gasteiger partial charge in [-0.25, -0.2) is 0 Å². The Hall–Kier alpha value is -0.480. The summed E-state index contributed by atoms with van der Waals surface area (Å²) in [4.78, 5) is 0. The van der Waals surface area contributed by atoms with Gasteiger partial charge in [0.1, 0.15) is 0 Å². The lowest BCUT2D eigenvalue weighted by atomic mass is 9.85. The maximum absolute atomic E-state index is 9.40. The minimum Gasteiger partial charge on any atom is -0.393 e. The summed E-state index contributed by atoms with van der Waals surface area (Å²) < 4.78 is 0. The van der Waals surface area contributed by atoms with Crippen LogP contribution in [0, 0.1) is 18.3 Å². The highest BCUT2D eigenvalue weighted by molar-refractivity contribution is 4.90. The maximum atomic E-state index is 9.40. The molecule has 0 aromatic rings. The van der Waals surface area contributed by atoms with E-state index in [0.29, 0.717) is 5.92 Å². The first-order chi connectivity index (χ1) is 4.84. The summed E-state index contributed by atoms with van der Waals surface area (Å²) in [5.41, 5.74) is 0. The number of aliphatic hydroxyl groups excluding tert-OH is 1. The predicted octanol–water partition coefficient (Wildman–Crippen LogP) is 1.56. The summed E-state index contributed by atoms with van der Waals surface area (Å²) in [5.74, 6) is 3.00. The van der Waals surface area contributed by atoms with Gasteiger partial charge >= 0.3 is 0 Å². The van der Waals surface area contributed by atoms with Gasteiger partial charge in [-0.2, -0.15) is 0 Å². The third-order valence-corrected chi connectivity index (χ3v) is 2.25. The standard InChI is InChI=1S/C9H14O/c1-2-5-8-6-3-4-7-9(8)10/h1,8-10H,3-7H2/t8-,9-/m0/s1. The van der Waals surface area contributed by atoms with Crippen molar-refractivity contribution in [3.63, 3.8) is 0 Å². The lowest BCUT2D eigenvalue weighted by Gasteiger charge is -2.25. The van der Waals surface area contributed by atoms with Crippen molar-refractivity contribution in [2.45, 2.75) is 38.2 Å². The zero-order valence-corrected chi connectivity index (χ0v) is 6.21. The summed E-state index contributed by atoms with van der Waals surface area (Å²) >= 11 is 0. The van der Waals surface area contributed by atoms with E-state index in [1.165, 1.54) is 12.8 Å². The smallest absolute Gasteiger partial charge is 0.0577 e. The Bertz CT molecular complexity index is 134. The molecule has 0 aliphatic heterocycles. The molecule has 1 heteroatoms. The third-order valence-electron chi connectivity index (χ3n) is 2.25. The van der Waals surface area contributed by atoms with Crippen LogP contribution < -0.4 is 0 Å². The number of hydrogen-bond acceptors (Lipinski definition) is 1. The molecule has 10 heavy (non-hydrogen) atoms. The molecule has 0 bridgehead atoms. The molecular formula is C9H14O. The highest BCUT2D eigenvalue weighted by atomic mass is 16.3. The van der Waals surface area contributed by atoms with Crippen LogP contribution in [-0.4, -0.2) is 11.2 Å². The van der Waals surface area contributed by atoms with Crippen LogP contribution >= 0.6 is 0 Å². The molecular weight excluding hydrogens is 124 g/mol. The van der Waals surface area contributed by atoms with Crippen LogP contribution in [0.1, 0.15) is 32.1 Å². The monoisotopic (exact) mass is 138 g/mol. The van der Waals surface area contributed by atoms with E-state index < -0.39 is 0 Å². The second-order valence-electron chi connectivity index (χ2n) is 3.02. The molecule has 1 aliphatic carbocycles. The van der Waals surface area contributed by atoms with E-state index in [1.807, 2.05) is 0 Å². The van der Waals surface area contributed by atoms with E-state index in [-0.39, 0.29) is 6.10 Å². The SMILES string of the molecule is C#CC[C@H]1CCCC[C@@H]1O. The van der Waals surface area contributed by atoms with Crippen molar-refractivity contribution in [1.29, 1.82) is 0 Å². The van der Waals surface area contributed by atoms with Crippen molar-refractivity contribution in [3.8, 4) is 12.3 Å². The van der Waals surface area contributed by atoms with Gasteiger partial charge in [-0.3, -0.25) is 0 Å². The Labute approximate surface area is 62.4 Å². The molecule has 1 aliphatic rings. The lowest BCUT2D eigenvalue weighted by molar-refractivity contribution is 0.0725.